The molecule has 0 spiro atoms. The molecule has 6 heteroatoms. The zero-order valence-corrected chi connectivity index (χ0v) is 16.5. The van der Waals surface area contributed by atoms with Crippen molar-refractivity contribution >= 4 is 27.8 Å². The molecule has 1 saturated heterocycles. The van der Waals surface area contributed by atoms with Crippen LogP contribution in [0, 0.1) is 11.3 Å². The minimum atomic E-state index is 0.485. The molecule has 0 saturated carbocycles. The number of furan rings is 1. The molecule has 0 amide bonds. The predicted molar refractivity (Wildman–Crippen MR) is 114 cm³/mol. The molecule has 5 rings (SSSR count). The quantitative estimate of drug-likeness (QED) is 0.531. The van der Waals surface area contributed by atoms with Crippen LogP contribution in [0.15, 0.2) is 53.3 Å². The fraction of sp³-hybridized carbons (Fsp3) is 0.261. The lowest BCUT2D eigenvalue weighted by molar-refractivity contribution is 0.315. The number of benzene rings is 1. The highest BCUT2D eigenvalue weighted by atomic mass is 16.3. The molecule has 0 aliphatic carbocycles. The Morgan fingerprint density at radius 1 is 1.24 bits per heavy atom. The molecule has 1 atom stereocenters. The molecule has 3 aromatic heterocycles. The van der Waals surface area contributed by atoms with E-state index >= 15 is 0 Å². The maximum absolute atomic E-state index is 9.84. The van der Waals surface area contributed by atoms with Gasteiger partial charge in [-0.25, -0.2) is 4.98 Å². The first-order valence-electron chi connectivity index (χ1n) is 9.73. The van der Waals surface area contributed by atoms with E-state index in [4.69, 9.17) is 4.42 Å². The maximum atomic E-state index is 9.84. The fourth-order valence-electron chi connectivity index (χ4n) is 4.29. The van der Waals surface area contributed by atoms with Crippen LogP contribution in [0.1, 0.15) is 12.0 Å². The standard InChI is InChI=1S/C23H21N5O/c1-27(2)17-7-10-28(14-17)21-19(15-5-3-8-25-13-15)11-16(12-24)22-20(21)18-6-4-9-26-23(18)29-22/h3-6,8-9,11,13,17H,7,10,14H2,1-2H3/t17-/m0/s1. The van der Waals surface area contributed by atoms with Gasteiger partial charge in [0.1, 0.15) is 6.07 Å². The summed E-state index contributed by atoms with van der Waals surface area (Å²) in [5.74, 6) is 0. The molecule has 4 aromatic rings. The predicted octanol–water partition coefficient (Wildman–Crippen LogP) is 4.05. The zero-order chi connectivity index (χ0) is 20.0. The van der Waals surface area contributed by atoms with Crippen molar-refractivity contribution in [2.45, 2.75) is 12.5 Å². The van der Waals surface area contributed by atoms with Crippen LogP contribution in [0.4, 0.5) is 5.69 Å². The number of anilines is 1. The van der Waals surface area contributed by atoms with Crippen molar-refractivity contribution in [2.75, 3.05) is 32.1 Å². The van der Waals surface area contributed by atoms with Crippen LogP contribution < -0.4 is 4.90 Å². The van der Waals surface area contributed by atoms with Crippen molar-refractivity contribution < 1.29 is 4.42 Å². The van der Waals surface area contributed by atoms with E-state index in [0.717, 1.165) is 47.1 Å². The van der Waals surface area contributed by atoms with Gasteiger partial charge >= 0.3 is 0 Å². The van der Waals surface area contributed by atoms with Crippen LogP contribution in [0.5, 0.6) is 0 Å². The second-order valence-corrected chi connectivity index (χ2v) is 7.69. The van der Waals surface area contributed by atoms with Crippen molar-refractivity contribution in [1.29, 1.82) is 5.26 Å². The van der Waals surface area contributed by atoms with Crippen LogP contribution in [0.2, 0.25) is 0 Å². The topological polar surface area (TPSA) is 69.2 Å². The van der Waals surface area contributed by atoms with E-state index in [1.807, 2.05) is 36.5 Å². The zero-order valence-electron chi connectivity index (χ0n) is 16.5. The summed E-state index contributed by atoms with van der Waals surface area (Å²) >= 11 is 0. The molecule has 6 nitrogen and oxygen atoms in total. The summed E-state index contributed by atoms with van der Waals surface area (Å²) in [6.07, 6.45) is 6.43. The Labute approximate surface area is 169 Å². The first-order chi connectivity index (χ1) is 14.2. The fourth-order valence-corrected chi connectivity index (χ4v) is 4.29. The molecule has 0 radical (unpaired) electrons. The van der Waals surface area contributed by atoms with Crippen molar-refractivity contribution in [3.05, 3.63) is 54.5 Å². The Balaban J connectivity index is 1.86. The largest absolute Gasteiger partial charge is 0.436 e. The van der Waals surface area contributed by atoms with Gasteiger partial charge in [0.15, 0.2) is 5.58 Å². The van der Waals surface area contributed by atoms with E-state index in [9.17, 15) is 5.26 Å². The molecule has 1 fully saturated rings. The van der Waals surface area contributed by atoms with Gasteiger partial charge in [0.05, 0.1) is 22.0 Å². The second kappa shape index (κ2) is 6.87. The highest BCUT2D eigenvalue weighted by Crippen LogP contribution is 2.44. The summed E-state index contributed by atoms with van der Waals surface area (Å²) in [5.41, 5.74) is 4.79. The molecule has 29 heavy (non-hydrogen) atoms. The molecule has 0 unspecified atom stereocenters. The lowest BCUT2D eigenvalue weighted by atomic mass is 9.97. The second-order valence-electron chi connectivity index (χ2n) is 7.69. The van der Waals surface area contributed by atoms with Gasteiger partial charge in [-0.15, -0.1) is 0 Å². The Morgan fingerprint density at radius 2 is 2.10 bits per heavy atom. The smallest absolute Gasteiger partial charge is 0.227 e. The summed E-state index contributed by atoms with van der Waals surface area (Å²) in [5, 5.41) is 11.7. The van der Waals surface area contributed by atoms with Crippen LogP contribution >= 0.6 is 0 Å². The Morgan fingerprint density at radius 3 is 2.83 bits per heavy atom. The Hall–Kier alpha value is -3.43. The number of fused-ring (bicyclic) bond motifs is 3. The molecule has 0 bridgehead atoms. The highest BCUT2D eigenvalue weighted by Gasteiger charge is 2.30. The van der Waals surface area contributed by atoms with Gasteiger partial charge in [-0.3, -0.25) is 4.98 Å². The minimum absolute atomic E-state index is 0.485. The third-order valence-electron chi connectivity index (χ3n) is 5.79. The van der Waals surface area contributed by atoms with Gasteiger partial charge in [0, 0.05) is 48.8 Å². The van der Waals surface area contributed by atoms with Gasteiger partial charge in [-0.05, 0) is 44.8 Å². The number of aromatic nitrogens is 2. The molecule has 1 aromatic carbocycles. The van der Waals surface area contributed by atoms with Crippen LogP contribution in [-0.2, 0) is 0 Å². The monoisotopic (exact) mass is 383 g/mol. The molecular weight excluding hydrogens is 362 g/mol. The third-order valence-corrected chi connectivity index (χ3v) is 5.79. The van der Waals surface area contributed by atoms with Crippen molar-refractivity contribution in [3.63, 3.8) is 0 Å². The van der Waals surface area contributed by atoms with E-state index in [-0.39, 0.29) is 0 Å². The van der Waals surface area contributed by atoms with E-state index in [0.29, 0.717) is 22.9 Å². The lowest BCUT2D eigenvalue weighted by Crippen LogP contribution is -2.31. The minimum Gasteiger partial charge on any atom is -0.436 e. The molecule has 1 aliphatic heterocycles. The Kier molecular flexibility index (Phi) is 4.18. The van der Waals surface area contributed by atoms with Crippen LogP contribution in [-0.4, -0.2) is 48.1 Å². The van der Waals surface area contributed by atoms with Crippen LogP contribution in [0.3, 0.4) is 0 Å². The third kappa shape index (κ3) is 2.82. The van der Waals surface area contributed by atoms with Gasteiger partial charge in [0.25, 0.3) is 0 Å². The number of nitrogens with zero attached hydrogens (tertiary/aromatic N) is 5. The highest BCUT2D eigenvalue weighted by molar-refractivity contribution is 6.15. The number of hydrogen-bond acceptors (Lipinski definition) is 6. The molecular formula is C23H21N5O. The van der Waals surface area contributed by atoms with E-state index in [1.54, 1.807) is 12.4 Å². The van der Waals surface area contributed by atoms with Gasteiger partial charge in [0.2, 0.25) is 5.71 Å². The number of rotatable bonds is 3. The molecule has 144 valence electrons. The number of likely N-dealkylation sites (N-methyl/N-ethyl adjacent to an activating group) is 1. The van der Waals surface area contributed by atoms with E-state index in [1.165, 1.54) is 0 Å². The van der Waals surface area contributed by atoms with Crippen molar-refractivity contribution in [2.24, 2.45) is 0 Å². The summed E-state index contributed by atoms with van der Waals surface area (Å²) in [4.78, 5) is 13.4. The molecule has 4 heterocycles. The van der Waals surface area contributed by atoms with Crippen molar-refractivity contribution in [3.8, 4) is 17.2 Å². The first-order valence-corrected chi connectivity index (χ1v) is 9.73. The number of hydrogen-bond donors (Lipinski definition) is 0. The average Bonchev–Trinajstić information content (AvgIpc) is 3.39. The summed E-state index contributed by atoms with van der Waals surface area (Å²) < 4.78 is 6.05. The first kappa shape index (κ1) is 17.7. The summed E-state index contributed by atoms with van der Waals surface area (Å²) in [7, 11) is 4.25. The van der Waals surface area contributed by atoms with Crippen LogP contribution in [0.25, 0.3) is 33.2 Å². The number of pyridine rings is 2. The maximum Gasteiger partial charge on any atom is 0.227 e. The van der Waals surface area contributed by atoms with Gasteiger partial charge in [-0.2, -0.15) is 5.26 Å². The average molecular weight is 383 g/mol. The SMILES string of the molecule is CN(C)[C@H]1CCN(c2c(-c3cccnc3)cc(C#N)c3oc4ncccc4c23)C1. The molecule has 0 N–H and O–H groups in total. The summed E-state index contributed by atoms with van der Waals surface area (Å²) in [6, 6.07) is 12.6. The van der Waals surface area contributed by atoms with Gasteiger partial charge in [-0.1, -0.05) is 6.07 Å². The lowest BCUT2D eigenvalue weighted by Gasteiger charge is -2.25. The summed E-state index contributed by atoms with van der Waals surface area (Å²) in [6.45, 7) is 1.87. The van der Waals surface area contributed by atoms with E-state index < -0.39 is 0 Å². The van der Waals surface area contributed by atoms with Crippen molar-refractivity contribution in [1.82, 2.24) is 14.9 Å². The van der Waals surface area contributed by atoms with E-state index in [2.05, 4.69) is 39.9 Å². The Bertz CT molecular complexity index is 1240. The normalized spacial score (nSPS) is 16.8. The number of nitriles is 1. The van der Waals surface area contributed by atoms with Gasteiger partial charge < -0.3 is 14.2 Å². The molecule has 1 aliphatic rings.